The van der Waals surface area contributed by atoms with Gasteiger partial charge in [0.2, 0.25) is 0 Å². The fourth-order valence-electron chi connectivity index (χ4n) is 2.56. The van der Waals surface area contributed by atoms with Crippen molar-refractivity contribution in [2.24, 2.45) is 5.92 Å². The molecule has 98 valence electrons. The topological polar surface area (TPSA) is 79.0 Å². The molecule has 0 aromatic heterocycles. The van der Waals surface area contributed by atoms with Crippen LogP contribution in [0.5, 0.6) is 0 Å². The van der Waals surface area contributed by atoms with Crippen LogP contribution in [0.3, 0.4) is 0 Å². The van der Waals surface area contributed by atoms with Crippen molar-refractivity contribution in [2.45, 2.75) is 6.04 Å². The highest BCUT2D eigenvalue weighted by molar-refractivity contribution is 5.73. The van der Waals surface area contributed by atoms with E-state index in [1.54, 1.807) is 12.1 Å². The highest BCUT2D eigenvalue weighted by atomic mass is 16.6. The number of nitrogens with zero attached hydrogens (tertiary/aromatic N) is 2. The molecule has 0 saturated carbocycles. The summed E-state index contributed by atoms with van der Waals surface area (Å²) in [5.41, 5.74) is 2.72. The van der Waals surface area contributed by atoms with Gasteiger partial charge in [-0.1, -0.05) is 18.2 Å². The summed E-state index contributed by atoms with van der Waals surface area (Å²) in [6, 6.07) is 9.39. The van der Waals surface area contributed by atoms with Crippen LogP contribution < -0.4 is 5.32 Å². The third-order valence-electron chi connectivity index (χ3n) is 3.54. The minimum Gasteiger partial charge on any atom is -0.383 e. The molecule has 1 aliphatic heterocycles. The van der Waals surface area contributed by atoms with Gasteiger partial charge in [-0.15, -0.1) is 0 Å². The number of fused-ring (bicyclic) bond motifs is 1. The average molecular weight is 265 g/mol. The molecule has 1 N–H and O–H groups in total. The molecule has 2 atom stereocenters. The lowest BCUT2D eigenvalue weighted by Crippen LogP contribution is -2.27. The van der Waals surface area contributed by atoms with Gasteiger partial charge < -0.3 is 5.32 Å². The maximum atomic E-state index is 10.8. The first-order valence-electron chi connectivity index (χ1n) is 6.20. The van der Waals surface area contributed by atoms with Gasteiger partial charge in [0.1, 0.15) is 0 Å². The van der Waals surface area contributed by atoms with Crippen LogP contribution >= 0.6 is 0 Å². The third kappa shape index (κ3) is 1.97. The molecule has 1 aliphatic carbocycles. The molecular weight excluding hydrogens is 254 g/mol. The Bertz CT molecular complexity index is 710. The Morgan fingerprint density at radius 3 is 3.00 bits per heavy atom. The molecule has 0 fully saturated rings. The molecule has 0 saturated heterocycles. The molecule has 2 aliphatic rings. The standard InChI is InChI=1S/C15H11N3O2/c16-8-10-2-1-3-11(6-10)14-9-17-15-7-12(18(19)20)4-5-13(14)15/h1-7,9,13,15,17H. The number of nitriles is 1. The highest BCUT2D eigenvalue weighted by Crippen LogP contribution is 2.35. The van der Waals surface area contributed by atoms with Gasteiger partial charge in [-0.2, -0.15) is 5.26 Å². The summed E-state index contributed by atoms with van der Waals surface area (Å²) in [5.74, 6) is 0.0626. The summed E-state index contributed by atoms with van der Waals surface area (Å²) >= 11 is 0. The van der Waals surface area contributed by atoms with E-state index in [0.29, 0.717) is 5.56 Å². The predicted octanol–water partition coefficient (Wildman–Crippen LogP) is 2.22. The lowest BCUT2D eigenvalue weighted by atomic mass is 9.86. The monoisotopic (exact) mass is 265 g/mol. The van der Waals surface area contributed by atoms with Gasteiger partial charge in [0.05, 0.1) is 22.6 Å². The molecule has 1 aromatic rings. The van der Waals surface area contributed by atoms with Crippen molar-refractivity contribution in [3.8, 4) is 6.07 Å². The Balaban J connectivity index is 1.91. The van der Waals surface area contributed by atoms with Crippen LogP contribution in [0.2, 0.25) is 0 Å². The molecule has 0 spiro atoms. The number of allylic oxidation sites excluding steroid dienone is 1. The first kappa shape index (κ1) is 12.2. The molecule has 0 radical (unpaired) electrons. The largest absolute Gasteiger partial charge is 0.383 e. The number of benzene rings is 1. The van der Waals surface area contributed by atoms with E-state index in [1.165, 1.54) is 6.08 Å². The third-order valence-corrected chi connectivity index (χ3v) is 3.54. The lowest BCUT2D eigenvalue weighted by molar-refractivity contribution is -0.419. The number of hydrogen-bond acceptors (Lipinski definition) is 4. The van der Waals surface area contributed by atoms with E-state index in [0.717, 1.165) is 11.1 Å². The number of nitro groups is 1. The zero-order chi connectivity index (χ0) is 14.1. The van der Waals surface area contributed by atoms with Crippen molar-refractivity contribution in [1.82, 2.24) is 5.32 Å². The van der Waals surface area contributed by atoms with Crippen LogP contribution in [0.4, 0.5) is 0 Å². The first-order valence-corrected chi connectivity index (χ1v) is 6.20. The van der Waals surface area contributed by atoms with Gasteiger partial charge >= 0.3 is 0 Å². The molecule has 5 nitrogen and oxygen atoms in total. The second-order valence-corrected chi connectivity index (χ2v) is 4.72. The summed E-state index contributed by atoms with van der Waals surface area (Å²) in [6.07, 6.45) is 6.88. The van der Waals surface area contributed by atoms with E-state index in [1.807, 2.05) is 30.5 Å². The Morgan fingerprint density at radius 1 is 1.40 bits per heavy atom. The van der Waals surface area contributed by atoms with E-state index in [2.05, 4.69) is 11.4 Å². The molecule has 20 heavy (non-hydrogen) atoms. The van der Waals surface area contributed by atoms with Crippen molar-refractivity contribution in [3.05, 3.63) is 75.6 Å². The molecular formula is C15H11N3O2. The van der Waals surface area contributed by atoms with Crippen LogP contribution in [-0.2, 0) is 0 Å². The summed E-state index contributed by atoms with van der Waals surface area (Å²) < 4.78 is 0. The highest BCUT2D eigenvalue weighted by Gasteiger charge is 2.31. The normalized spacial score (nSPS) is 23.1. The number of nitrogens with one attached hydrogen (secondary N) is 1. The fourth-order valence-corrected chi connectivity index (χ4v) is 2.56. The maximum absolute atomic E-state index is 10.8. The van der Waals surface area contributed by atoms with Crippen LogP contribution in [0, 0.1) is 27.4 Å². The number of hydrogen-bond donors (Lipinski definition) is 1. The van der Waals surface area contributed by atoms with Crippen molar-refractivity contribution >= 4 is 5.57 Å². The molecule has 2 unspecified atom stereocenters. The smallest absolute Gasteiger partial charge is 0.267 e. The molecule has 0 bridgehead atoms. The predicted molar refractivity (Wildman–Crippen MR) is 73.8 cm³/mol. The quantitative estimate of drug-likeness (QED) is 0.656. The molecule has 0 amide bonds. The second kappa shape index (κ2) is 4.67. The van der Waals surface area contributed by atoms with Crippen molar-refractivity contribution in [3.63, 3.8) is 0 Å². The molecule has 5 heteroatoms. The molecule has 1 heterocycles. The minimum atomic E-state index is -0.386. The van der Waals surface area contributed by atoms with Crippen molar-refractivity contribution in [2.75, 3.05) is 0 Å². The average Bonchev–Trinajstić information content (AvgIpc) is 2.90. The summed E-state index contributed by atoms with van der Waals surface area (Å²) in [7, 11) is 0. The first-order chi connectivity index (χ1) is 9.69. The van der Waals surface area contributed by atoms with E-state index in [-0.39, 0.29) is 22.6 Å². The van der Waals surface area contributed by atoms with Gasteiger partial charge in [0.15, 0.2) is 0 Å². The van der Waals surface area contributed by atoms with Crippen LogP contribution in [0.1, 0.15) is 11.1 Å². The zero-order valence-electron chi connectivity index (χ0n) is 10.5. The van der Waals surface area contributed by atoms with Crippen LogP contribution in [-0.4, -0.2) is 11.0 Å². The summed E-state index contributed by atoms with van der Waals surface area (Å²) in [5, 5.41) is 22.9. The molecule has 3 rings (SSSR count). The van der Waals surface area contributed by atoms with Crippen molar-refractivity contribution in [1.29, 1.82) is 5.26 Å². The van der Waals surface area contributed by atoms with Gasteiger partial charge in [-0.3, -0.25) is 10.1 Å². The van der Waals surface area contributed by atoms with Crippen LogP contribution in [0.25, 0.3) is 5.57 Å². The fraction of sp³-hybridized carbons (Fsp3) is 0.133. The van der Waals surface area contributed by atoms with E-state index >= 15 is 0 Å². The van der Waals surface area contributed by atoms with Gasteiger partial charge in [0.25, 0.3) is 5.70 Å². The van der Waals surface area contributed by atoms with Gasteiger partial charge in [-0.05, 0) is 23.3 Å². The van der Waals surface area contributed by atoms with Gasteiger partial charge in [0, 0.05) is 24.3 Å². The van der Waals surface area contributed by atoms with E-state index in [4.69, 9.17) is 5.26 Å². The Hall–Kier alpha value is -2.87. The second-order valence-electron chi connectivity index (χ2n) is 4.72. The zero-order valence-corrected chi connectivity index (χ0v) is 10.5. The van der Waals surface area contributed by atoms with E-state index < -0.39 is 0 Å². The summed E-state index contributed by atoms with van der Waals surface area (Å²) in [4.78, 5) is 10.4. The minimum absolute atomic E-state index is 0.0626. The lowest BCUT2D eigenvalue weighted by Gasteiger charge is -2.19. The van der Waals surface area contributed by atoms with Crippen molar-refractivity contribution < 1.29 is 4.92 Å². The summed E-state index contributed by atoms with van der Waals surface area (Å²) in [6.45, 7) is 0. The SMILES string of the molecule is N#Cc1cccc(C2=CNC3C=C([N+](=O)[O-])C=CC23)c1. The Labute approximate surface area is 115 Å². The number of rotatable bonds is 2. The maximum Gasteiger partial charge on any atom is 0.267 e. The Kier molecular flexibility index (Phi) is 2.84. The van der Waals surface area contributed by atoms with Gasteiger partial charge in [-0.25, -0.2) is 0 Å². The van der Waals surface area contributed by atoms with Crippen LogP contribution in [0.15, 0.2) is 54.4 Å². The van der Waals surface area contributed by atoms with E-state index in [9.17, 15) is 10.1 Å². The Morgan fingerprint density at radius 2 is 2.25 bits per heavy atom. The molecule has 1 aromatic carbocycles.